The van der Waals surface area contributed by atoms with Crippen LogP contribution in [0.15, 0.2) is 0 Å². The molecule has 0 aliphatic heterocycles. The molecule has 0 fully saturated rings. The average molecular weight is 225 g/mol. The molecule has 0 aromatic heterocycles. The first-order chi connectivity index (χ1) is 6.97. The summed E-state index contributed by atoms with van der Waals surface area (Å²) in [5, 5.41) is 18.7. The lowest BCUT2D eigenvalue weighted by molar-refractivity contribution is -0.0220. The Labute approximate surface area is 89.7 Å². The molecule has 0 saturated carbocycles. The van der Waals surface area contributed by atoms with Crippen molar-refractivity contribution < 1.29 is 19.0 Å². The molecule has 0 aliphatic carbocycles. The van der Waals surface area contributed by atoms with Crippen LogP contribution in [0.2, 0.25) is 0 Å². The molecule has 0 spiro atoms. The Morgan fingerprint density at radius 2 is 1.80 bits per heavy atom. The van der Waals surface area contributed by atoms with Crippen molar-refractivity contribution in [3.05, 3.63) is 0 Å². The van der Waals surface area contributed by atoms with E-state index in [9.17, 15) is 13.9 Å². The number of aliphatic hydroxyl groups is 2. The Balaban J connectivity index is 4.24. The van der Waals surface area contributed by atoms with Gasteiger partial charge in [0.05, 0.1) is 18.8 Å². The third kappa shape index (κ3) is 6.02. The molecule has 0 bridgehead atoms. The fourth-order valence-corrected chi connectivity index (χ4v) is 1.46. The Hall–Kier alpha value is -0.260. The second kappa shape index (κ2) is 7.09. The average Bonchev–Trinajstić information content (AvgIpc) is 2.17. The quantitative estimate of drug-likeness (QED) is 0.650. The van der Waals surface area contributed by atoms with Gasteiger partial charge in [0.2, 0.25) is 0 Å². The van der Waals surface area contributed by atoms with Crippen LogP contribution in [0.25, 0.3) is 0 Å². The molecule has 15 heavy (non-hydrogen) atoms. The predicted molar refractivity (Wildman–Crippen MR) is 55.1 cm³/mol. The van der Waals surface area contributed by atoms with Crippen molar-refractivity contribution >= 4 is 0 Å². The van der Waals surface area contributed by atoms with Crippen LogP contribution < -0.4 is 0 Å². The van der Waals surface area contributed by atoms with Crippen LogP contribution in [-0.4, -0.2) is 53.4 Å². The van der Waals surface area contributed by atoms with Gasteiger partial charge >= 0.3 is 0 Å². The highest BCUT2D eigenvalue weighted by atomic mass is 19.3. The van der Waals surface area contributed by atoms with E-state index in [-0.39, 0.29) is 19.7 Å². The third-order valence-corrected chi connectivity index (χ3v) is 2.65. The largest absolute Gasteiger partial charge is 0.395 e. The summed E-state index contributed by atoms with van der Waals surface area (Å²) < 4.78 is 24.4. The second-order valence-corrected chi connectivity index (χ2v) is 3.78. The first-order valence-electron chi connectivity index (χ1n) is 5.31. The monoisotopic (exact) mass is 225 g/mol. The highest BCUT2D eigenvalue weighted by molar-refractivity contribution is 4.79. The standard InChI is InChI=1S/C10H21F2NO2/c1-3-10(15,4-2)8-13(5-6-14)7-9(11)12/h9,14-15H,3-8H2,1-2H3. The molecule has 0 rings (SSSR count). The van der Waals surface area contributed by atoms with E-state index in [1.807, 2.05) is 13.8 Å². The molecule has 92 valence electrons. The highest BCUT2D eigenvalue weighted by Crippen LogP contribution is 2.16. The first-order valence-corrected chi connectivity index (χ1v) is 5.31. The van der Waals surface area contributed by atoms with Crippen molar-refractivity contribution in [3.8, 4) is 0 Å². The van der Waals surface area contributed by atoms with Crippen molar-refractivity contribution in [1.29, 1.82) is 0 Å². The van der Waals surface area contributed by atoms with E-state index in [1.165, 1.54) is 4.90 Å². The van der Waals surface area contributed by atoms with E-state index in [0.717, 1.165) is 0 Å². The van der Waals surface area contributed by atoms with Gasteiger partial charge in [0, 0.05) is 13.1 Å². The van der Waals surface area contributed by atoms with E-state index in [4.69, 9.17) is 5.11 Å². The molecule has 0 saturated heterocycles. The smallest absolute Gasteiger partial charge is 0.251 e. The molecule has 0 aromatic rings. The molecule has 0 unspecified atom stereocenters. The normalized spacial score (nSPS) is 12.8. The Morgan fingerprint density at radius 3 is 2.13 bits per heavy atom. The molecule has 0 amide bonds. The molecule has 0 heterocycles. The zero-order valence-corrected chi connectivity index (χ0v) is 9.42. The number of hydrogen-bond donors (Lipinski definition) is 2. The summed E-state index contributed by atoms with van der Waals surface area (Å²) in [5.74, 6) is 0. The summed E-state index contributed by atoms with van der Waals surface area (Å²) in [6.07, 6.45) is -1.39. The number of hydrogen-bond acceptors (Lipinski definition) is 3. The summed E-state index contributed by atoms with van der Waals surface area (Å²) in [7, 11) is 0. The van der Waals surface area contributed by atoms with E-state index in [2.05, 4.69) is 0 Å². The molecule has 0 aliphatic rings. The number of aliphatic hydroxyl groups excluding tert-OH is 1. The maximum atomic E-state index is 12.2. The van der Waals surface area contributed by atoms with Crippen LogP contribution in [0.4, 0.5) is 8.78 Å². The number of alkyl halides is 2. The van der Waals surface area contributed by atoms with Gasteiger partial charge in [0.1, 0.15) is 0 Å². The lowest BCUT2D eigenvalue weighted by atomic mass is 9.97. The van der Waals surface area contributed by atoms with Gasteiger partial charge in [-0.3, -0.25) is 4.90 Å². The topological polar surface area (TPSA) is 43.7 Å². The SMILES string of the molecule is CCC(O)(CC)CN(CCO)CC(F)F. The van der Waals surface area contributed by atoms with Crippen molar-refractivity contribution in [3.63, 3.8) is 0 Å². The van der Waals surface area contributed by atoms with Crippen LogP contribution in [0.3, 0.4) is 0 Å². The Bertz CT molecular complexity index is 164. The molecule has 0 radical (unpaired) electrons. The second-order valence-electron chi connectivity index (χ2n) is 3.78. The summed E-state index contributed by atoms with van der Waals surface area (Å²) in [6, 6.07) is 0. The van der Waals surface area contributed by atoms with Gasteiger partial charge in [-0.2, -0.15) is 0 Å². The Morgan fingerprint density at radius 1 is 1.27 bits per heavy atom. The van der Waals surface area contributed by atoms with E-state index >= 15 is 0 Å². The minimum absolute atomic E-state index is 0.170. The fourth-order valence-electron chi connectivity index (χ4n) is 1.46. The zero-order valence-electron chi connectivity index (χ0n) is 9.42. The van der Waals surface area contributed by atoms with Gasteiger partial charge in [-0.25, -0.2) is 8.78 Å². The predicted octanol–water partition coefficient (Wildman–Crippen LogP) is 1.10. The van der Waals surface area contributed by atoms with Crippen molar-refractivity contribution in [1.82, 2.24) is 4.90 Å². The molecule has 0 aromatic carbocycles. The minimum atomic E-state index is -2.44. The number of nitrogens with zero attached hydrogens (tertiary/aromatic N) is 1. The van der Waals surface area contributed by atoms with E-state index < -0.39 is 18.6 Å². The molecule has 0 atom stereocenters. The van der Waals surface area contributed by atoms with Crippen LogP contribution >= 0.6 is 0 Å². The maximum Gasteiger partial charge on any atom is 0.251 e. The van der Waals surface area contributed by atoms with Crippen molar-refractivity contribution in [2.45, 2.75) is 38.7 Å². The first kappa shape index (κ1) is 14.7. The van der Waals surface area contributed by atoms with Crippen LogP contribution in [0, 0.1) is 0 Å². The van der Waals surface area contributed by atoms with Gasteiger partial charge in [-0.15, -0.1) is 0 Å². The highest BCUT2D eigenvalue weighted by Gasteiger charge is 2.26. The summed E-state index contributed by atoms with van der Waals surface area (Å²) >= 11 is 0. The van der Waals surface area contributed by atoms with Gasteiger partial charge in [0.15, 0.2) is 0 Å². The summed E-state index contributed by atoms with van der Waals surface area (Å²) in [4.78, 5) is 1.40. The fraction of sp³-hybridized carbons (Fsp3) is 1.00. The lowest BCUT2D eigenvalue weighted by Crippen LogP contribution is -2.45. The van der Waals surface area contributed by atoms with E-state index in [0.29, 0.717) is 12.8 Å². The zero-order chi connectivity index (χ0) is 11.9. The Kier molecular flexibility index (Phi) is 6.96. The molecular formula is C10H21F2NO2. The van der Waals surface area contributed by atoms with Gasteiger partial charge in [0.25, 0.3) is 6.43 Å². The molecular weight excluding hydrogens is 204 g/mol. The van der Waals surface area contributed by atoms with Gasteiger partial charge in [-0.05, 0) is 12.8 Å². The third-order valence-electron chi connectivity index (χ3n) is 2.65. The van der Waals surface area contributed by atoms with Crippen LogP contribution in [-0.2, 0) is 0 Å². The summed E-state index contributed by atoms with van der Waals surface area (Å²) in [6.45, 7) is 3.43. The molecule has 3 nitrogen and oxygen atoms in total. The molecule has 5 heteroatoms. The van der Waals surface area contributed by atoms with Crippen LogP contribution in [0.5, 0.6) is 0 Å². The van der Waals surface area contributed by atoms with Crippen LogP contribution in [0.1, 0.15) is 26.7 Å². The van der Waals surface area contributed by atoms with Gasteiger partial charge < -0.3 is 10.2 Å². The van der Waals surface area contributed by atoms with Crippen molar-refractivity contribution in [2.75, 3.05) is 26.2 Å². The van der Waals surface area contributed by atoms with Gasteiger partial charge in [-0.1, -0.05) is 13.8 Å². The summed E-state index contributed by atoms with van der Waals surface area (Å²) in [5.41, 5.74) is -0.927. The minimum Gasteiger partial charge on any atom is -0.395 e. The van der Waals surface area contributed by atoms with Crippen molar-refractivity contribution in [2.24, 2.45) is 0 Å². The van der Waals surface area contributed by atoms with E-state index in [1.54, 1.807) is 0 Å². The number of halogens is 2. The lowest BCUT2D eigenvalue weighted by Gasteiger charge is -2.32. The maximum absolute atomic E-state index is 12.2. The molecule has 2 N–H and O–H groups in total. The number of rotatable bonds is 8.